The van der Waals surface area contributed by atoms with Gasteiger partial charge in [-0.3, -0.25) is 0 Å². The maximum absolute atomic E-state index is 5.12. The summed E-state index contributed by atoms with van der Waals surface area (Å²) in [6, 6.07) is 0. The number of thioether (sulfide) groups is 2. The van der Waals surface area contributed by atoms with Gasteiger partial charge in [0.2, 0.25) is 0 Å². The molecule has 0 bridgehead atoms. The summed E-state index contributed by atoms with van der Waals surface area (Å²) in [5.74, 6) is 2.46. The fourth-order valence-electron chi connectivity index (χ4n) is 0.704. The normalized spacial score (nSPS) is 38.4. The Hall–Kier alpha value is 0.620. The van der Waals surface area contributed by atoms with Crippen molar-refractivity contribution in [2.45, 2.75) is 23.7 Å². The van der Waals surface area contributed by atoms with E-state index in [1.165, 1.54) is 11.5 Å². The molecule has 2 atom stereocenters. The van der Waals surface area contributed by atoms with Crippen LogP contribution in [0.2, 0.25) is 0 Å². The summed E-state index contributed by atoms with van der Waals surface area (Å²) >= 11 is 3.65. The quantitative estimate of drug-likeness (QED) is 0.485. The van der Waals surface area contributed by atoms with E-state index in [0.717, 1.165) is 12.8 Å². The summed E-state index contributed by atoms with van der Waals surface area (Å²) in [7, 11) is 0. The van der Waals surface area contributed by atoms with E-state index in [0.29, 0.717) is 10.9 Å². The van der Waals surface area contributed by atoms with E-state index in [1.54, 1.807) is 0 Å². The lowest BCUT2D eigenvalue weighted by Gasteiger charge is -2.29. The Balaban J connectivity index is 1.54. The molecule has 0 aromatic rings. The van der Waals surface area contributed by atoms with Crippen LogP contribution in [-0.2, 0) is 9.78 Å². The molecule has 0 aromatic heterocycles. The molecule has 2 unspecified atom stereocenters. The lowest BCUT2D eigenvalue weighted by atomic mass is 10.5. The van der Waals surface area contributed by atoms with Crippen LogP contribution in [0.3, 0.4) is 0 Å². The monoisotopic (exact) mass is 178 g/mol. The van der Waals surface area contributed by atoms with Crippen LogP contribution in [0.4, 0.5) is 0 Å². The van der Waals surface area contributed by atoms with Gasteiger partial charge in [-0.05, 0) is 24.3 Å². The van der Waals surface area contributed by atoms with Crippen LogP contribution >= 0.6 is 23.5 Å². The van der Waals surface area contributed by atoms with Crippen molar-refractivity contribution in [3.05, 3.63) is 0 Å². The minimum atomic E-state index is 0.334. The number of hydrogen-bond acceptors (Lipinski definition) is 4. The van der Waals surface area contributed by atoms with Crippen molar-refractivity contribution in [3.8, 4) is 0 Å². The molecule has 10 heavy (non-hydrogen) atoms. The lowest BCUT2D eigenvalue weighted by Crippen LogP contribution is -2.25. The Morgan fingerprint density at radius 3 is 1.50 bits per heavy atom. The molecule has 0 amide bonds. The summed E-state index contributed by atoms with van der Waals surface area (Å²) in [4.78, 5) is 10.2. The highest BCUT2D eigenvalue weighted by Crippen LogP contribution is 2.33. The Bertz CT molecular complexity index is 98.3. The molecule has 58 valence electrons. The predicted octanol–water partition coefficient (Wildman–Crippen LogP) is 1.86. The van der Waals surface area contributed by atoms with E-state index >= 15 is 0 Å². The first-order valence-corrected chi connectivity index (χ1v) is 5.60. The Morgan fingerprint density at radius 2 is 1.30 bits per heavy atom. The molecular formula is C6H10O2S2. The third kappa shape index (κ3) is 1.61. The number of rotatable bonds is 3. The van der Waals surface area contributed by atoms with Gasteiger partial charge in [0.1, 0.15) is 10.9 Å². The van der Waals surface area contributed by atoms with Crippen molar-refractivity contribution >= 4 is 23.5 Å². The molecule has 0 radical (unpaired) electrons. The van der Waals surface area contributed by atoms with Crippen molar-refractivity contribution in [1.29, 1.82) is 0 Å². The second-order valence-corrected chi connectivity index (χ2v) is 4.91. The summed E-state index contributed by atoms with van der Waals surface area (Å²) in [5.41, 5.74) is 0.669. The molecule has 2 rings (SSSR count). The highest BCUT2D eigenvalue weighted by molar-refractivity contribution is 8.01. The Kier molecular flexibility index (Phi) is 2.43. The second kappa shape index (κ2) is 3.34. The zero-order valence-corrected chi connectivity index (χ0v) is 7.25. The molecular weight excluding hydrogens is 168 g/mol. The molecule has 0 spiro atoms. The zero-order valence-electron chi connectivity index (χ0n) is 5.62. The molecule has 2 nitrogen and oxygen atoms in total. The molecule has 2 aliphatic heterocycles. The lowest BCUT2D eigenvalue weighted by molar-refractivity contribution is -0.318. The van der Waals surface area contributed by atoms with Gasteiger partial charge in [-0.1, -0.05) is 0 Å². The maximum atomic E-state index is 5.12. The van der Waals surface area contributed by atoms with Crippen molar-refractivity contribution < 1.29 is 9.78 Å². The van der Waals surface area contributed by atoms with Crippen molar-refractivity contribution in [1.82, 2.24) is 0 Å². The largest absolute Gasteiger partial charge is 0.221 e. The summed E-state index contributed by atoms with van der Waals surface area (Å²) in [6.07, 6.45) is 2.31. The fraction of sp³-hybridized carbons (Fsp3) is 1.00. The second-order valence-electron chi connectivity index (χ2n) is 2.37. The minimum absolute atomic E-state index is 0.334. The Labute approximate surface area is 69.0 Å². The van der Waals surface area contributed by atoms with Gasteiger partial charge in [-0.15, -0.1) is 23.5 Å². The smallest absolute Gasteiger partial charge is 0.139 e. The molecule has 0 saturated carbocycles. The highest BCUT2D eigenvalue weighted by atomic mass is 32.2. The first-order chi connectivity index (χ1) is 4.95. The van der Waals surface area contributed by atoms with Crippen LogP contribution in [0.15, 0.2) is 0 Å². The van der Waals surface area contributed by atoms with Crippen LogP contribution in [0, 0.1) is 0 Å². The minimum Gasteiger partial charge on any atom is -0.221 e. The van der Waals surface area contributed by atoms with Gasteiger partial charge in [0, 0.05) is 0 Å². The van der Waals surface area contributed by atoms with Gasteiger partial charge in [0.25, 0.3) is 0 Å². The SMILES string of the molecule is C1CC(OOC2CCS2)S1. The highest BCUT2D eigenvalue weighted by Gasteiger charge is 2.25. The van der Waals surface area contributed by atoms with Crippen molar-refractivity contribution in [2.75, 3.05) is 11.5 Å². The van der Waals surface area contributed by atoms with Crippen LogP contribution in [0.25, 0.3) is 0 Å². The van der Waals surface area contributed by atoms with Gasteiger partial charge in [-0.2, -0.15) is 0 Å². The first kappa shape index (κ1) is 7.28. The molecule has 0 N–H and O–H groups in total. The van der Waals surface area contributed by atoms with Crippen LogP contribution in [-0.4, -0.2) is 22.4 Å². The van der Waals surface area contributed by atoms with Gasteiger partial charge < -0.3 is 0 Å². The average molecular weight is 178 g/mol. The zero-order chi connectivity index (χ0) is 6.81. The van der Waals surface area contributed by atoms with Gasteiger partial charge in [0.15, 0.2) is 0 Å². The average Bonchev–Trinajstić information content (AvgIpc) is 1.70. The van der Waals surface area contributed by atoms with Crippen molar-refractivity contribution in [3.63, 3.8) is 0 Å². The fourth-order valence-corrected chi connectivity index (χ4v) is 1.76. The van der Waals surface area contributed by atoms with Crippen molar-refractivity contribution in [2.24, 2.45) is 0 Å². The third-order valence-electron chi connectivity index (χ3n) is 1.58. The van der Waals surface area contributed by atoms with Gasteiger partial charge in [-0.25, -0.2) is 9.78 Å². The van der Waals surface area contributed by atoms with E-state index in [1.807, 2.05) is 23.5 Å². The van der Waals surface area contributed by atoms with Crippen LogP contribution < -0.4 is 0 Å². The Morgan fingerprint density at radius 1 is 0.900 bits per heavy atom. The molecule has 2 aliphatic rings. The molecule has 0 aromatic carbocycles. The van der Waals surface area contributed by atoms with Gasteiger partial charge in [0.05, 0.1) is 0 Å². The third-order valence-corrected chi connectivity index (χ3v) is 3.90. The summed E-state index contributed by atoms with van der Waals surface area (Å²) < 4.78 is 0. The first-order valence-electron chi connectivity index (χ1n) is 3.50. The molecule has 2 heterocycles. The molecule has 2 fully saturated rings. The van der Waals surface area contributed by atoms with E-state index in [-0.39, 0.29) is 0 Å². The number of hydrogen-bond donors (Lipinski definition) is 0. The molecule has 4 heteroatoms. The van der Waals surface area contributed by atoms with E-state index < -0.39 is 0 Å². The molecule has 0 aliphatic carbocycles. The standard InChI is InChI=1S/C6H10O2S2/c1-3-9-5(1)7-8-6-2-4-10-6/h5-6H,1-4H2. The van der Waals surface area contributed by atoms with Crippen LogP contribution in [0.1, 0.15) is 12.8 Å². The van der Waals surface area contributed by atoms with Crippen LogP contribution in [0.5, 0.6) is 0 Å². The summed E-state index contributed by atoms with van der Waals surface area (Å²) in [6.45, 7) is 0. The topological polar surface area (TPSA) is 18.5 Å². The maximum Gasteiger partial charge on any atom is 0.139 e. The summed E-state index contributed by atoms with van der Waals surface area (Å²) in [5, 5.41) is 0. The van der Waals surface area contributed by atoms with E-state index in [9.17, 15) is 0 Å². The van der Waals surface area contributed by atoms with Gasteiger partial charge >= 0.3 is 0 Å². The van der Waals surface area contributed by atoms with E-state index in [4.69, 9.17) is 9.78 Å². The van der Waals surface area contributed by atoms with E-state index in [2.05, 4.69) is 0 Å². The predicted molar refractivity (Wildman–Crippen MR) is 43.9 cm³/mol. The molecule has 2 saturated heterocycles.